The first kappa shape index (κ1) is 10.3. The SMILES string of the molecule is O=Cc1nc(-c2ccccc2)c2n1CCCC2. The molecule has 0 N–H and O–H groups in total. The first-order valence-electron chi connectivity index (χ1n) is 6.00. The van der Waals surface area contributed by atoms with Gasteiger partial charge >= 0.3 is 0 Å². The summed E-state index contributed by atoms with van der Waals surface area (Å²) in [7, 11) is 0. The van der Waals surface area contributed by atoms with Crippen molar-refractivity contribution in [3.63, 3.8) is 0 Å². The lowest BCUT2D eigenvalue weighted by Gasteiger charge is -2.16. The van der Waals surface area contributed by atoms with E-state index in [0.29, 0.717) is 5.82 Å². The van der Waals surface area contributed by atoms with Crippen molar-refractivity contribution in [2.24, 2.45) is 0 Å². The van der Waals surface area contributed by atoms with Crippen LogP contribution in [0, 0.1) is 0 Å². The lowest BCUT2D eigenvalue weighted by molar-refractivity contribution is 0.111. The Kier molecular flexibility index (Phi) is 2.52. The van der Waals surface area contributed by atoms with Crippen LogP contribution >= 0.6 is 0 Å². The molecule has 2 aromatic rings. The number of fused-ring (bicyclic) bond motifs is 1. The number of hydrogen-bond donors (Lipinski definition) is 0. The Morgan fingerprint density at radius 1 is 1.18 bits per heavy atom. The standard InChI is InChI=1S/C14H14N2O/c17-10-13-15-14(11-6-2-1-3-7-11)12-8-4-5-9-16(12)13/h1-3,6-7,10H,4-5,8-9H2. The van der Waals surface area contributed by atoms with Crippen molar-refractivity contribution in [2.45, 2.75) is 25.8 Å². The summed E-state index contributed by atoms with van der Waals surface area (Å²) < 4.78 is 2.07. The highest BCUT2D eigenvalue weighted by Gasteiger charge is 2.20. The second-order valence-corrected chi connectivity index (χ2v) is 4.36. The summed E-state index contributed by atoms with van der Waals surface area (Å²) >= 11 is 0. The molecule has 0 fully saturated rings. The van der Waals surface area contributed by atoms with Gasteiger partial charge in [0, 0.05) is 17.8 Å². The van der Waals surface area contributed by atoms with E-state index >= 15 is 0 Å². The number of carbonyl (C=O) groups excluding carboxylic acids is 1. The molecule has 17 heavy (non-hydrogen) atoms. The Bertz CT molecular complexity index is 543. The van der Waals surface area contributed by atoms with Crippen molar-refractivity contribution >= 4 is 6.29 Å². The van der Waals surface area contributed by atoms with E-state index in [-0.39, 0.29) is 0 Å². The topological polar surface area (TPSA) is 34.9 Å². The first-order chi connectivity index (χ1) is 8.40. The fourth-order valence-corrected chi connectivity index (χ4v) is 2.49. The van der Waals surface area contributed by atoms with Crippen LogP contribution in [0.1, 0.15) is 29.2 Å². The maximum Gasteiger partial charge on any atom is 0.185 e. The molecule has 0 atom stereocenters. The Morgan fingerprint density at radius 3 is 2.76 bits per heavy atom. The third kappa shape index (κ3) is 1.68. The third-order valence-corrected chi connectivity index (χ3v) is 3.30. The summed E-state index contributed by atoms with van der Waals surface area (Å²) in [5, 5.41) is 0. The van der Waals surface area contributed by atoms with Crippen molar-refractivity contribution in [1.82, 2.24) is 9.55 Å². The van der Waals surface area contributed by atoms with Gasteiger partial charge in [0.05, 0.1) is 5.69 Å². The maximum atomic E-state index is 11.0. The molecule has 0 unspecified atom stereocenters. The zero-order valence-electron chi connectivity index (χ0n) is 9.60. The Morgan fingerprint density at radius 2 is 2.00 bits per heavy atom. The van der Waals surface area contributed by atoms with Crippen LogP contribution in [0.25, 0.3) is 11.3 Å². The van der Waals surface area contributed by atoms with Crippen LogP contribution in [0.5, 0.6) is 0 Å². The normalized spacial score (nSPS) is 14.4. The molecular formula is C14H14N2O. The predicted molar refractivity (Wildman–Crippen MR) is 66.0 cm³/mol. The Hall–Kier alpha value is -1.90. The van der Waals surface area contributed by atoms with Crippen LogP contribution in [0.3, 0.4) is 0 Å². The lowest BCUT2D eigenvalue weighted by Crippen LogP contribution is -2.12. The predicted octanol–water partition coefficient (Wildman–Crippen LogP) is 2.70. The van der Waals surface area contributed by atoms with Crippen LogP contribution in [0.4, 0.5) is 0 Å². The molecule has 0 spiro atoms. The second kappa shape index (κ2) is 4.17. The Labute approximate surface area is 100 Å². The number of rotatable bonds is 2. The van der Waals surface area contributed by atoms with Crippen molar-refractivity contribution in [1.29, 1.82) is 0 Å². The van der Waals surface area contributed by atoms with Gasteiger partial charge in [0.1, 0.15) is 0 Å². The fraction of sp³-hybridized carbons (Fsp3) is 0.286. The van der Waals surface area contributed by atoms with Gasteiger partial charge in [0.25, 0.3) is 0 Å². The molecule has 0 radical (unpaired) electrons. The van der Waals surface area contributed by atoms with E-state index < -0.39 is 0 Å². The number of carbonyl (C=O) groups is 1. The number of aldehydes is 1. The minimum absolute atomic E-state index is 0.568. The summed E-state index contributed by atoms with van der Waals surface area (Å²) in [4.78, 5) is 15.5. The van der Waals surface area contributed by atoms with E-state index in [1.165, 1.54) is 12.1 Å². The van der Waals surface area contributed by atoms with Gasteiger partial charge in [-0.2, -0.15) is 0 Å². The molecule has 0 amide bonds. The van der Waals surface area contributed by atoms with Crippen molar-refractivity contribution < 1.29 is 4.79 Å². The second-order valence-electron chi connectivity index (χ2n) is 4.36. The average molecular weight is 226 g/mol. The van der Waals surface area contributed by atoms with Crippen LogP contribution in [0.2, 0.25) is 0 Å². The number of imidazole rings is 1. The molecule has 0 bridgehead atoms. The van der Waals surface area contributed by atoms with Gasteiger partial charge in [-0.05, 0) is 19.3 Å². The minimum atomic E-state index is 0.568. The van der Waals surface area contributed by atoms with Crippen molar-refractivity contribution in [2.75, 3.05) is 0 Å². The molecule has 1 aromatic carbocycles. The smallest absolute Gasteiger partial charge is 0.185 e. The summed E-state index contributed by atoms with van der Waals surface area (Å²) in [6.45, 7) is 0.920. The summed E-state index contributed by atoms with van der Waals surface area (Å²) in [6.07, 6.45) is 4.20. The van der Waals surface area contributed by atoms with E-state index in [4.69, 9.17) is 0 Å². The van der Waals surface area contributed by atoms with Gasteiger partial charge < -0.3 is 4.57 Å². The van der Waals surface area contributed by atoms with Crippen LogP contribution < -0.4 is 0 Å². The van der Waals surface area contributed by atoms with E-state index in [2.05, 4.69) is 9.55 Å². The van der Waals surface area contributed by atoms with E-state index in [0.717, 1.165) is 36.9 Å². The lowest BCUT2D eigenvalue weighted by atomic mass is 10.0. The average Bonchev–Trinajstić information content (AvgIpc) is 2.78. The molecule has 1 aliphatic heterocycles. The van der Waals surface area contributed by atoms with Gasteiger partial charge in [-0.1, -0.05) is 30.3 Å². The van der Waals surface area contributed by atoms with Crippen LogP contribution in [0.15, 0.2) is 30.3 Å². The molecular weight excluding hydrogens is 212 g/mol. The molecule has 1 aromatic heterocycles. The zero-order valence-corrected chi connectivity index (χ0v) is 9.60. The molecule has 3 rings (SSSR count). The van der Waals surface area contributed by atoms with Gasteiger partial charge in [-0.15, -0.1) is 0 Å². The van der Waals surface area contributed by atoms with Gasteiger partial charge in [0.2, 0.25) is 0 Å². The molecule has 3 heteroatoms. The van der Waals surface area contributed by atoms with Crippen LogP contribution in [-0.4, -0.2) is 15.8 Å². The van der Waals surface area contributed by atoms with E-state index in [9.17, 15) is 4.79 Å². The maximum absolute atomic E-state index is 11.0. The summed E-state index contributed by atoms with van der Waals surface area (Å²) in [5.41, 5.74) is 3.29. The largest absolute Gasteiger partial charge is 0.325 e. The molecule has 0 aliphatic carbocycles. The molecule has 0 saturated carbocycles. The molecule has 1 aliphatic rings. The highest BCUT2D eigenvalue weighted by Crippen LogP contribution is 2.28. The molecule has 86 valence electrons. The van der Waals surface area contributed by atoms with Crippen molar-refractivity contribution in [3.8, 4) is 11.3 Å². The Balaban J connectivity index is 2.17. The first-order valence-corrected chi connectivity index (χ1v) is 6.00. The van der Waals surface area contributed by atoms with E-state index in [1.54, 1.807) is 0 Å². The van der Waals surface area contributed by atoms with E-state index in [1.807, 2.05) is 30.3 Å². The highest BCUT2D eigenvalue weighted by atomic mass is 16.1. The fourth-order valence-electron chi connectivity index (χ4n) is 2.49. The van der Waals surface area contributed by atoms with Gasteiger partial charge in [-0.25, -0.2) is 4.98 Å². The highest BCUT2D eigenvalue weighted by molar-refractivity contribution is 5.74. The molecule has 2 heterocycles. The monoisotopic (exact) mass is 226 g/mol. The molecule has 0 saturated heterocycles. The van der Waals surface area contributed by atoms with Gasteiger partial charge in [-0.3, -0.25) is 4.79 Å². The summed E-state index contributed by atoms with van der Waals surface area (Å²) in [6, 6.07) is 10.1. The van der Waals surface area contributed by atoms with Crippen LogP contribution in [-0.2, 0) is 13.0 Å². The number of benzene rings is 1. The number of hydrogen-bond acceptors (Lipinski definition) is 2. The summed E-state index contributed by atoms with van der Waals surface area (Å²) in [5.74, 6) is 0.568. The minimum Gasteiger partial charge on any atom is -0.325 e. The van der Waals surface area contributed by atoms with Gasteiger partial charge in [0.15, 0.2) is 12.1 Å². The number of aromatic nitrogens is 2. The quantitative estimate of drug-likeness (QED) is 0.738. The zero-order chi connectivity index (χ0) is 11.7. The molecule has 3 nitrogen and oxygen atoms in total. The van der Waals surface area contributed by atoms with Crippen molar-refractivity contribution in [3.05, 3.63) is 41.9 Å². The number of nitrogens with zero attached hydrogens (tertiary/aromatic N) is 2. The third-order valence-electron chi connectivity index (χ3n) is 3.30.